The Labute approximate surface area is 97.4 Å². The van der Waals surface area contributed by atoms with Gasteiger partial charge in [0.15, 0.2) is 5.82 Å². The van der Waals surface area contributed by atoms with Gasteiger partial charge in [0.1, 0.15) is 0 Å². The van der Waals surface area contributed by atoms with E-state index in [1.165, 1.54) is 17.5 Å². The Morgan fingerprint density at radius 3 is 3.06 bits per heavy atom. The molecule has 0 aliphatic carbocycles. The van der Waals surface area contributed by atoms with Crippen LogP contribution < -0.4 is 5.32 Å². The summed E-state index contributed by atoms with van der Waals surface area (Å²) in [5.74, 6) is 0.357. The zero-order chi connectivity index (χ0) is 11.4. The maximum absolute atomic E-state index is 11.9. The van der Waals surface area contributed by atoms with Gasteiger partial charge in [0, 0.05) is 12.4 Å². The van der Waals surface area contributed by atoms with Crippen molar-refractivity contribution in [3.63, 3.8) is 0 Å². The molecule has 0 aromatic carbocycles. The second-order valence-corrected chi connectivity index (χ2v) is 4.09. The van der Waals surface area contributed by atoms with Crippen LogP contribution >= 0.6 is 11.3 Å². The van der Waals surface area contributed by atoms with Crippen molar-refractivity contribution in [1.29, 1.82) is 0 Å². The SMILES string of the molecule is CCc1ccsc1C(=O)Nc1cnccn1. The van der Waals surface area contributed by atoms with Crippen LogP contribution in [-0.4, -0.2) is 15.9 Å². The first-order chi connectivity index (χ1) is 7.81. The fourth-order valence-electron chi connectivity index (χ4n) is 1.35. The number of amides is 1. The summed E-state index contributed by atoms with van der Waals surface area (Å²) in [4.78, 5) is 20.5. The Morgan fingerprint density at radius 2 is 2.38 bits per heavy atom. The van der Waals surface area contributed by atoms with Crippen molar-refractivity contribution in [1.82, 2.24) is 9.97 Å². The minimum atomic E-state index is -0.118. The highest BCUT2D eigenvalue weighted by Gasteiger charge is 2.12. The Hall–Kier alpha value is -1.75. The van der Waals surface area contributed by atoms with Gasteiger partial charge in [-0.3, -0.25) is 9.78 Å². The van der Waals surface area contributed by atoms with E-state index in [4.69, 9.17) is 0 Å². The van der Waals surface area contributed by atoms with Gasteiger partial charge in [-0.15, -0.1) is 11.3 Å². The molecular weight excluding hydrogens is 222 g/mol. The van der Waals surface area contributed by atoms with E-state index in [9.17, 15) is 4.79 Å². The molecule has 0 atom stereocenters. The number of anilines is 1. The van der Waals surface area contributed by atoms with Gasteiger partial charge in [-0.05, 0) is 23.4 Å². The molecule has 16 heavy (non-hydrogen) atoms. The molecule has 2 heterocycles. The predicted molar refractivity (Wildman–Crippen MR) is 63.7 cm³/mol. The molecule has 0 fully saturated rings. The van der Waals surface area contributed by atoms with Crippen LogP contribution in [-0.2, 0) is 6.42 Å². The van der Waals surface area contributed by atoms with E-state index < -0.39 is 0 Å². The molecule has 2 rings (SSSR count). The molecule has 0 saturated carbocycles. The molecule has 82 valence electrons. The molecule has 0 unspecified atom stereocenters. The first kappa shape index (κ1) is 10.8. The van der Waals surface area contributed by atoms with E-state index in [0.29, 0.717) is 5.82 Å². The van der Waals surface area contributed by atoms with Gasteiger partial charge in [-0.25, -0.2) is 4.98 Å². The number of rotatable bonds is 3. The van der Waals surface area contributed by atoms with Crippen molar-refractivity contribution in [2.45, 2.75) is 13.3 Å². The first-order valence-electron chi connectivity index (χ1n) is 4.95. The van der Waals surface area contributed by atoms with Crippen LogP contribution in [0.15, 0.2) is 30.0 Å². The Kier molecular flexibility index (Phi) is 3.26. The number of thiophene rings is 1. The van der Waals surface area contributed by atoms with Gasteiger partial charge in [0.2, 0.25) is 0 Å². The summed E-state index contributed by atoms with van der Waals surface area (Å²) in [5, 5.41) is 4.64. The second-order valence-electron chi connectivity index (χ2n) is 3.17. The third kappa shape index (κ3) is 2.25. The molecule has 2 aromatic heterocycles. The minimum Gasteiger partial charge on any atom is -0.305 e. The van der Waals surface area contributed by atoms with Crippen LogP contribution in [0.4, 0.5) is 5.82 Å². The summed E-state index contributed by atoms with van der Waals surface area (Å²) in [6.07, 6.45) is 5.49. The van der Waals surface area contributed by atoms with Crippen LogP contribution in [0.1, 0.15) is 22.2 Å². The number of hydrogen-bond acceptors (Lipinski definition) is 4. The molecule has 4 nitrogen and oxygen atoms in total. The van der Waals surface area contributed by atoms with Crippen molar-refractivity contribution >= 4 is 23.1 Å². The lowest BCUT2D eigenvalue weighted by molar-refractivity contribution is 0.102. The van der Waals surface area contributed by atoms with Crippen molar-refractivity contribution in [3.8, 4) is 0 Å². The van der Waals surface area contributed by atoms with Crippen LogP contribution in [0.25, 0.3) is 0 Å². The summed E-state index contributed by atoms with van der Waals surface area (Å²) < 4.78 is 0. The summed E-state index contributed by atoms with van der Waals surface area (Å²) in [6.45, 7) is 2.03. The van der Waals surface area contributed by atoms with Gasteiger partial charge < -0.3 is 5.32 Å². The largest absolute Gasteiger partial charge is 0.305 e. The lowest BCUT2D eigenvalue weighted by Crippen LogP contribution is -2.13. The zero-order valence-corrected chi connectivity index (χ0v) is 9.62. The number of carbonyl (C=O) groups excluding carboxylic acids is 1. The number of carbonyl (C=O) groups is 1. The van der Waals surface area contributed by atoms with E-state index in [-0.39, 0.29) is 5.91 Å². The highest BCUT2D eigenvalue weighted by atomic mass is 32.1. The summed E-state index contributed by atoms with van der Waals surface area (Å²) in [6, 6.07) is 1.97. The number of hydrogen-bond donors (Lipinski definition) is 1. The zero-order valence-electron chi connectivity index (χ0n) is 8.80. The molecule has 5 heteroatoms. The average molecular weight is 233 g/mol. The van der Waals surface area contributed by atoms with Crippen LogP contribution in [0, 0.1) is 0 Å². The second kappa shape index (κ2) is 4.85. The van der Waals surface area contributed by atoms with E-state index >= 15 is 0 Å². The molecule has 1 amide bonds. The average Bonchev–Trinajstić information content (AvgIpc) is 2.78. The Bertz CT molecular complexity index is 481. The molecule has 2 aromatic rings. The van der Waals surface area contributed by atoms with Crippen molar-refractivity contribution in [2.75, 3.05) is 5.32 Å². The monoisotopic (exact) mass is 233 g/mol. The quantitative estimate of drug-likeness (QED) is 0.885. The van der Waals surface area contributed by atoms with Crippen LogP contribution in [0.3, 0.4) is 0 Å². The van der Waals surface area contributed by atoms with E-state index in [0.717, 1.165) is 16.9 Å². The van der Waals surface area contributed by atoms with Gasteiger partial charge in [0.05, 0.1) is 11.1 Å². The summed E-state index contributed by atoms with van der Waals surface area (Å²) >= 11 is 1.44. The van der Waals surface area contributed by atoms with E-state index in [2.05, 4.69) is 15.3 Å². The lowest BCUT2D eigenvalue weighted by atomic mass is 10.2. The predicted octanol–water partition coefficient (Wildman–Crippen LogP) is 2.35. The maximum atomic E-state index is 11.9. The fraction of sp³-hybridized carbons (Fsp3) is 0.182. The van der Waals surface area contributed by atoms with E-state index in [1.807, 2.05) is 18.4 Å². The van der Waals surface area contributed by atoms with Gasteiger partial charge in [-0.1, -0.05) is 6.92 Å². The molecule has 0 bridgehead atoms. The Balaban J connectivity index is 2.15. The van der Waals surface area contributed by atoms with Crippen molar-refractivity contribution in [2.24, 2.45) is 0 Å². The lowest BCUT2D eigenvalue weighted by Gasteiger charge is -2.03. The van der Waals surface area contributed by atoms with Gasteiger partial charge >= 0.3 is 0 Å². The number of aryl methyl sites for hydroxylation is 1. The van der Waals surface area contributed by atoms with Crippen LogP contribution in [0.2, 0.25) is 0 Å². The van der Waals surface area contributed by atoms with Crippen molar-refractivity contribution < 1.29 is 4.79 Å². The normalized spacial score (nSPS) is 10.1. The molecule has 1 N–H and O–H groups in total. The highest BCUT2D eigenvalue weighted by molar-refractivity contribution is 7.12. The molecular formula is C11H11N3OS. The smallest absolute Gasteiger partial charge is 0.267 e. The molecule has 0 aliphatic rings. The molecule has 0 spiro atoms. The van der Waals surface area contributed by atoms with Gasteiger partial charge in [-0.2, -0.15) is 0 Å². The van der Waals surface area contributed by atoms with Gasteiger partial charge in [0.25, 0.3) is 5.91 Å². The Morgan fingerprint density at radius 1 is 1.50 bits per heavy atom. The molecule has 0 saturated heterocycles. The molecule has 0 radical (unpaired) electrons. The van der Waals surface area contributed by atoms with Crippen LogP contribution in [0.5, 0.6) is 0 Å². The minimum absolute atomic E-state index is 0.118. The standard InChI is InChI=1S/C11H11N3OS/c1-2-8-3-6-16-10(8)11(15)14-9-7-12-4-5-13-9/h3-7H,2H2,1H3,(H,13,14,15). The fourth-order valence-corrected chi connectivity index (χ4v) is 2.24. The third-order valence-electron chi connectivity index (χ3n) is 2.14. The third-order valence-corrected chi connectivity index (χ3v) is 3.09. The topological polar surface area (TPSA) is 54.9 Å². The first-order valence-corrected chi connectivity index (χ1v) is 5.83. The number of nitrogens with zero attached hydrogens (tertiary/aromatic N) is 2. The van der Waals surface area contributed by atoms with E-state index in [1.54, 1.807) is 12.4 Å². The summed E-state index contributed by atoms with van der Waals surface area (Å²) in [5.41, 5.74) is 1.06. The molecule has 0 aliphatic heterocycles. The number of aromatic nitrogens is 2. The highest BCUT2D eigenvalue weighted by Crippen LogP contribution is 2.18. The summed E-state index contributed by atoms with van der Waals surface area (Å²) in [7, 11) is 0. The van der Waals surface area contributed by atoms with Crippen molar-refractivity contribution in [3.05, 3.63) is 40.5 Å². The number of nitrogens with one attached hydrogen (secondary N) is 1. The maximum Gasteiger partial charge on any atom is 0.267 e.